The highest BCUT2D eigenvalue weighted by molar-refractivity contribution is 5.69. The fourth-order valence-corrected chi connectivity index (χ4v) is 4.95. The van der Waals surface area contributed by atoms with Crippen molar-refractivity contribution < 1.29 is 29.6 Å². The van der Waals surface area contributed by atoms with Crippen LogP contribution < -0.4 is 0 Å². The Morgan fingerprint density at radius 3 is 1.24 bits per heavy atom. The van der Waals surface area contributed by atoms with Gasteiger partial charge in [-0.2, -0.15) is 0 Å². The number of carboxylic acid groups (broad SMARTS) is 1. The van der Waals surface area contributed by atoms with E-state index < -0.39 is 5.97 Å². The number of carboxylic acids is 1. The zero-order valence-corrected chi connectivity index (χ0v) is 23.3. The molecule has 0 radical (unpaired) electrons. The summed E-state index contributed by atoms with van der Waals surface area (Å²) in [5.41, 5.74) is 1.84. The molecule has 0 saturated carbocycles. The molecule has 1 aromatic rings. The van der Waals surface area contributed by atoms with Gasteiger partial charge in [0.1, 0.15) is 11.5 Å². The smallest absolute Gasteiger partial charge is 0.305 e. The quantitative estimate of drug-likeness (QED) is 0.0720. The number of aliphatic carboxylic acids is 1. The highest BCUT2D eigenvalue weighted by atomic mass is 16.5. The summed E-state index contributed by atoms with van der Waals surface area (Å²) in [6.45, 7) is 0. The van der Waals surface area contributed by atoms with Crippen LogP contribution in [-0.4, -0.2) is 34.4 Å². The summed E-state index contributed by atoms with van der Waals surface area (Å²) in [6, 6.07) is 3.23. The molecule has 6 heteroatoms. The summed E-state index contributed by atoms with van der Waals surface area (Å²) >= 11 is 0. The van der Waals surface area contributed by atoms with Crippen LogP contribution in [0.25, 0.3) is 0 Å². The van der Waals surface area contributed by atoms with E-state index in [0.717, 1.165) is 81.8 Å². The van der Waals surface area contributed by atoms with Gasteiger partial charge in [0.05, 0.1) is 7.11 Å². The van der Waals surface area contributed by atoms with Crippen molar-refractivity contribution in [1.82, 2.24) is 0 Å². The Labute approximate surface area is 224 Å². The minimum atomic E-state index is -0.700. The zero-order chi connectivity index (χ0) is 27.1. The standard InChI is InChI=1S/C31H52O6/c1-37-31(36)23-19-15-11-7-3-5-9-13-17-21-27-26(28(32)24-25-29(27)33)20-16-12-8-4-2-6-10-14-18-22-30(34)35/h24-25,32-33H,2-23H2,1H3,(H,34,35). The lowest BCUT2D eigenvalue weighted by Crippen LogP contribution is -1.99. The van der Waals surface area contributed by atoms with Crippen LogP contribution in [0.5, 0.6) is 11.5 Å². The first-order valence-electron chi connectivity index (χ1n) is 14.8. The van der Waals surface area contributed by atoms with Crippen LogP contribution in [0.4, 0.5) is 0 Å². The van der Waals surface area contributed by atoms with Crippen molar-refractivity contribution in [1.29, 1.82) is 0 Å². The third kappa shape index (κ3) is 17.0. The van der Waals surface area contributed by atoms with Gasteiger partial charge in [-0.15, -0.1) is 0 Å². The van der Waals surface area contributed by atoms with Gasteiger partial charge in [0, 0.05) is 24.0 Å². The number of unbranched alkanes of at least 4 members (excludes halogenated alkanes) is 16. The second-order valence-electron chi connectivity index (χ2n) is 10.4. The number of aromatic hydroxyl groups is 2. The van der Waals surface area contributed by atoms with Crippen LogP contribution in [-0.2, 0) is 27.2 Å². The Kier molecular flexibility index (Phi) is 19.3. The molecule has 0 unspecified atom stereocenters. The van der Waals surface area contributed by atoms with E-state index in [0.29, 0.717) is 17.9 Å². The summed E-state index contributed by atoms with van der Waals surface area (Å²) in [5, 5.41) is 29.5. The molecule has 0 aromatic heterocycles. The Morgan fingerprint density at radius 2 is 0.892 bits per heavy atom. The second kappa shape index (κ2) is 21.8. The van der Waals surface area contributed by atoms with Crippen molar-refractivity contribution in [3.63, 3.8) is 0 Å². The topological polar surface area (TPSA) is 104 Å². The number of esters is 1. The van der Waals surface area contributed by atoms with Crippen LogP contribution in [0, 0.1) is 0 Å². The average molecular weight is 521 g/mol. The summed E-state index contributed by atoms with van der Waals surface area (Å²) in [5.74, 6) is -0.200. The molecule has 0 aliphatic rings. The number of rotatable bonds is 24. The third-order valence-electron chi connectivity index (χ3n) is 7.23. The molecule has 0 fully saturated rings. The van der Waals surface area contributed by atoms with Crippen LogP contribution in [0.1, 0.15) is 140 Å². The van der Waals surface area contributed by atoms with Gasteiger partial charge < -0.3 is 20.1 Å². The second-order valence-corrected chi connectivity index (χ2v) is 10.4. The number of methoxy groups -OCH3 is 1. The van der Waals surface area contributed by atoms with Crippen LogP contribution in [0.15, 0.2) is 12.1 Å². The largest absolute Gasteiger partial charge is 0.508 e. The van der Waals surface area contributed by atoms with E-state index >= 15 is 0 Å². The number of ether oxygens (including phenoxy) is 1. The van der Waals surface area contributed by atoms with Crippen LogP contribution >= 0.6 is 0 Å². The molecule has 1 aromatic carbocycles. The monoisotopic (exact) mass is 520 g/mol. The van der Waals surface area contributed by atoms with Crippen molar-refractivity contribution in [3.05, 3.63) is 23.3 Å². The van der Waals surface area contributed by atoms with Gasteiger partial charge in [-0.25, -0.2) is 0 Å². The number of hydrogen-bond acceptors (Lipinski definition) is 5. The van der Waals surface area contributed by atoms with Gasteiger partial charge in [0.15, 0.2) is 0 Å². The van der Waals surface area contributed by atoms with E-state index in [-0.39, 0.29) is 12.4 Å². The molecule has 0 atom stereocenters. The third-order valence-corrected chi connectivity index (χ3v) is 7.23. The van der Waals surface area contributed by atoms with Crippen molar-refractivity contribution in [2.24, 2.45) is 0 Å². The summed E-state index contributed by atoms with van der Waals surface area (Å²) in [6.07, 6.45) is 22.4. The number of phenols is 2. The lowest BCUT2D eigenvalue weighted by molar-refractivity contribution is -0.141. The molecule has 0 saturated heterocycles. The lowest BCUT2D eigenvalue weighted by Gasteiger charge is -2.14. The van der Waals surface area contributed by atoms with Crippen molar-refractivity contribution in [2.45, 2.75) is 141 Å². The minimum absolute atomic E-state index is 0.115. The van der Waals surface area contributed by atoms with Gasteiger partial charge in [0.2, 0.25) is 0 Å². The molecule has 0 aliphatic carbocycles. The molecular formula is C31H52O6. The Balaban J connectivity index is 2.15. The number of benzene rings is 1. The zero-order valence-electron chi connectivity index (χ0n) is 23.3. The van der Waals surface area contributed by atoms with Crippen molar-refractivity contribution in [2.75, 3.05) is 7.11 Å². The number of phenolic OH excluding ortho intramolecular Hbond substituents is 2. The minimum Gasteiger partial charge on any atom is -0.508 e. The first-order valence-corrected chi connectivity index (χ1v) is 14.8. The fourth-order valence-electron chi connectivity index (χ4n) is 4.95. The molecule has 37 heavy (non-hydrogen) atoms. The maximum Gasteiger partial charge on any atom is 0.305 e. The normalized spacial score (nSPS) is 11.1. The molecule has 6 nitrogen and oxygen atoms in total. The van der Waals surface area contributed by atoms with Crippen molar-refractivity contribution >= 4 is 11.9 Å². The molecular weight excluding hydrogens is 468 g/mol. The Hall–Kier alpha value is -2.24. The van der Waals surface area contributed by atoms with E-state index in [2.05, 4.69) is 4.74 Å². The summed E-state index contributed by atoms with van der Waals surface area (Å²) in [7, 11) is 1.44. The van der Waals surface area contributed by atoms with Crippen LogP contribution in [0.2, 0.25) is 0 Å². The molecule has 212 valence electrons. The first kappa shape index (κ1) is 32.8. The molecule has 0 amide bonds. The molecule has 3 N–H and O–H groups in total. The molecule has 0 aliphatic heterocycles. The van der Waals surface area contributed by atoms with Crippen LogP contribution in [0.3, 0.4) is 0 Å². The highest BCUT2D eigenvalue weighted by Crippen LogP contribution is 2.32. The number of carbonyl (C=O) groups excluding carboxylic acids is 1. The fraction of sp³-hybridized carbons (Fsp3) is 0.742. The SMILES string of the molecule is COC(=O)CCCCCCCCCCCc1c(O)ccc(O)c1CCCCCCCCCCCC(=O)O. The van der Waals surface area contributed by atoms with E-state index in [1.54, 1.807) is 12.1 Å². The Bertz CT molecular complexity index is 745. The summed E-state index contributed by atoms with van der Waals surface area (Å²) < 4.78 is 4.66. The lowest BCUT2D eigenvalue weighted by atomic mass is 9.94. The number of hydrogen-bond donors (Lipinski definition) is 3. The van der Waals surface area contributed by atoms with Crippen molar-refractivity contribution in [3.8, 4) is 11.5 Å². The number of carbonyl (C=O) groups is 2. The first-order chi connectivity index (χ1) is 18.0. The van der Waals surface area contributed by atoms with E-state index in [9.17, 15) is 19.8 Å². The van der Waals surface area contributed by atoms with Gasteiger partial charge >= 0.3 is 11.9 Å². The summed E-state index contributed by atoms with van der Waals surface area (Å²) in [4.78, 5) is 21.6. The van der Waals surface area contributed by atoms with Gasteiger partial charge in [-0.3, -0.25) is 9.59 Å². The molecule has 0 bridgehead atoms. The van der Waals surface area contributed by atoms with Gasteiger partial charge in [-0.1, -0.05) is 89.9 Å². The predicted octanol–water partition coefficient (Wildman–Crippen LogP) is 8.24. The maximum atomic E-state index is 11.1. The Morgan fingerprint density at radius 1 is 0.568 bits per heavy atom. The van der Waals surface area contributed by atoms with E-state index in [4.69, 9.17) is 5.11 Å². The maximum absolute atomic E-state index is 11.1. The molecule has 1 rings (SSSR count). The molecule has 0 heterocycles. The highest BCUT2D eigenvalue weighted by Gasteiger charge is 2.12. The van der Waals surface area contributed by atoms with E-state index in [1.165, 1.54) is 64.9 Å². The average Bonchev–Trinajstić information content (AvgIpc) is 2.88. The predicted molar refractivity (Wildman–Crippen MR) is 149 cm³/mol. The molecule has 0 spiro atoms. The van der Waals surface area contributed by atoms with E-state index in [1.807, 2.05) is 0 Å². The van der Waals surface area contributed by atoms with Gasteiger partial charge in [-0.05, 0) is 50.7 Å². The van der Waals surface area contributed by atoms with Gasteiger partial charge in [0.25, 0.3) is 0 Å².